The van der Waals surface area contributed by atoms with Gasteiger partial charge in [-0.2, -0.15) is 15.6 Å². The first kappa shape index (κ1) is 43.3. The summed E-state index contributed by atoms with van der Waals surface area (Å²) in [6.45, 7) is 1.78. The van der Waals surface area contributed by atoms with Crippen LogP contribution in [0.15, 0.2) is 36.7 Å². The Morgan fingerprint density at radius 1 is 1.02 bits per heavy atom. The molecule has 0 radical (unpaired) electrons. The third-order valence-corrected chi connectivity index (χ3v) is 10.6. The Labute approximate surface area is 318 Å². The SMILES string of the molecule is CCCCCCCCCCCCCCCCOC[C@H](COP(=O)(O)OC[C@]1(C#N)CC[C@H](c2ccc3c(N)ncnn23)O1)OCc1cc(F)cc(C#N)c1. The molecule has 1 aromatic carbocycles. The van der Waals surface area contributed by atoms with Crippen molar-refractivity contribution in [2.45, 2.75) is 134 Å². The Kier molecular flexibility index (Phi) is 18.3. The van der Waals surface area contributed by atoms with E-state index in [9.17, 15) is 24.4 Å². The second-order valence-electron chi connectivity index (χ2n) is 14.1. The van der Waals surface area contributed by atoms with E-state index >= 15 is 0 Å². The highest BCUT2D eigenvalue weighted by atomic mass is 31.2. The van der Waals surface area contributed by atoms with Gasteiger partial charge in [-0.3, -0.25) is 9.05 Å². The summed E-state index contributed by atoms with van der Waals surface area (Å²) in [5.74, 6) is -0.277. The van der Waals surface area contributed by atoms with Gasteiger partial charge in [0.1, 0.15) is 42.5 Å². The van der Waals surface area contributed by atoms with E-state index in [-0.39, 0.29) is 31.8 Å². The maximum Gasteiger partial charge on any atom is 0.472 e. The quantitative estimate of drug-likeness (QED) is 0.0556. The van der Waals surface area contributed by atoms with Crippen molar-refractivity contribution in [3.05, 3.63) is 59.3 Å². The second-order valence-corrected chi connectivity index (χ2v) is 15.5. The Hall–Kier alpha value is -3.46. The van der Waals surface area contributed by atoms with Crippen LogP contribution in [0.3, 0.4) is 0 Å². The topological polar surface area (TPSA) is 187 Å². The molecule has 2 aromatic heterocycles. The molecule has 0 bridgehead atoms. The number of unbranched alkanes of at least 4 members (excludes halogenated alkanes) is 13. The lowest BCUT2D eigenvalue weighted by Crippen LogP contribution is -2.32. The van der Waals surface area contributed by atoms with Gasteiger partial charge < -0.3 is 24.8 Å². The van der Waals surface area contributed by atoms with E-state index in [1.165, 1.54) is 89.1 Å². The third kappa shape index (κ3) is 14.3. The Morgan fingerprint density at radius 3 is 2.37 bits per heavy atom. The number of nitrogens with two attached hydrogens (primary N) is 1. The monoisotopic (exact) mass is 770 g/mol. The van der Waals surface area contributed by atoms with E-state index < -0.39 is 38.1 Å². The van der Waals surface area contributed by atoms with Crippen LogP contribution in [0.1, 0.15) is 133 Å². The van der Waals surface area contributed by atoms with Crippen LogP contribution in [0.5, 0.6) is 0 Å². The van der Waals surface area contributed by atoms with Gasteiger partial charge in [0, 0.05) is 6.61 Å². The number of nitrogens with zero attached hydrogens (tertiary/aromatic N) is 5. The van der Waals surface area contributed by atoms with Crippen LogP contribution in [-0.2, 0) is 34.4 Å². The highest BCUT2D eigenvalue weighted by Crippen LogP contribution is 2.47. The number of anilines is 1. The molecule has 0 spiro atoms. The van der Waals surface area contributed by atoms with E-state index in [0.717, 1.165) is 25.3 Å². The summed E-state index contributed by atoms with van der Waals surface area (Å²) in [5, 5.41) is 23.5. The lowest BCUT2D eigenvalue weighted by atomic mass is 10.0. The number of halogens is 1. The molecule has 0 aliphatic carbocycles. The highest BCUT2D eigenvalue weighted by molar-refractivity contribution is 7.47. The zero-order valence-electron chi connectivity index (χ0n) is 31.5. The molecule has 1 unspecified atom stereocenters. The van der Waals surface area contributed by atoms with Crippen molar-refractivity contribution in [1.29, 1.82) is 10.5 Å². The van der Waals surface area contributed by atoms with Gasteiger partial charge in [0.05, 0.1) is 37.1 Å². The summed E-state index contributed by atoms with van der Waals surface area (Å²) in [7, 11) is -4.68. The van der Waals surface area contributed by atoms with Crippen LogP contribution in [0.25, 0.3) is 5.52 Å². The Balaban J connectivity index is 1.20. The molecule has 4 rings (SSSR count). The first-order valence-electron chi connectivity index (χ1n) is 19.4. The number of aromatic nitrogens is 3. The molecule has 1 aliphatic heterocycles. The van der Waals surface area contributed by atoms with Crippen LogP contribution in [0.2, 0.25) is 0 Å². The largest absolute Gasteiger partial charge is 0.472 e. The molecule has 0 amide bonds. The molecule has 0 saturated carbocycles. The van der Waals surface area contributed by atoms with E-state index in [4.69, 9.17) is 29.0 Å². The number of hydrogen-bond donors (Lipinski definition) is 2. The molecule has 1 aliphatic rings. The predicted molar refractivity (Wildman–Crippen MR) is 201 cm³/mol. The van der Waals surface area contributed by atoms with Crippen molar-refractivity contribution in [2.24, 2.45) is 0 Å². The zero-order valence-corrected chi connectivity index (χ0v) is 32.4. The minimum Gasteiger partial charge on any atom is -0.382 e. The maximum absolute atomic E-state index is 14.0. The van der Waals surface area contributed by atoms with Crippen LogP contribution in [0.4, 0.5) is 10.2 Å². The number of phosphoric acid groups is 1. The van der Waals surface area contributed by atoms with Crippen LogP contribution in [0, 0.1) is 28.5 Å². The van der Waals surface area contributed by atoms with Crippen molar-refractivity contribution >= 4 is 19.2 Å². The van der Waals surface area contributed by atoms with Crippen LogP contribution >= 0.6 is 7.82 Å². The average molecular weight is 771 g/mol. The van der Waals surface area contributed by atoms with Crippen molar-refractivity contribution in [2.75, 3.05) is 32.2 Å². The van der Waals surface area contributed by atoms with Gasteiger partial charge in [0.2, 0.25) is 0 Å². The van der Waals surface area contributed by atoms with Gasteiger partial charge >= 0.3 is 7.82 Å². The van der Waals surface area contributed by atoms with Gasteiger partial charge in [0.15, 0.2) is 11.4 Å². The average Bonchev–Trinajstić information content (AvgIpc) is 3.80. The van der Waals surface area contributed by atoms with Crippen molar-refractivity contribution in [3.8, 4) is 12.1 Å². The molecule has 15 heteroatoms. The molecule has 1 saturated heterocycles. The zero-order chi connectivity index (χ0) is 38.7. The van der Waals surface area contributed by atoms with E-state index in [1.807, 2.05) is 6.07 Å². The predicted octanol–water partition coefficient (Wildman–Crippen LogP) is 8.65. The fourth-order valence-corrected chi connectivity index (χ4v) is 7.37. The number of ether oxygens (including phenoxy) is 3. The van der Waals surface area contributed by atoms with Crippen LogP contribution in [-0.4, -0.2) is 57.6 Å². The summed E-state index contributed by atoms with van der Waals surface area (Å²) in [6.07, 6.45) is 18.1. The molecule has 13 nitrogen and oxygen atoms in total. The Bertz CT molecular complexity index is 1710. The number of rotatable bonds is 27. The minimum absolute atomic E-state index is 0.0468. The summed E-state index contributed by atoms with van der Waals surface area (Å²) in [4.78, 5) is 14.6. The summed E-state index contributed by atoms with van der Waals surface area (Å²) < 4.78 is 57.1. The standard InChI is InChI=1S/C39H56FN6O7P/c1-2-3-4-5-6-7-8-9-10-11-12-13-14-15-20-49-26-34(50-25-32-21-31(24-41)22-33(40)23-32)27-51-54(47,48)52-29-39(28-42)19-18-37(53-39)35-16-17-36-38(43)44-30-45-46(35)36/h16-17,21-23,30,34,37H,2-15,18-20,25-27,29H2,1H3,(H,47,48)(H2,43,44,45)/t34-,37-,39-/m1/s1. The third-order valence-electron chi connectivity index (χ3n) is 9.63. The number of nitrogen functional groups attached to an aromatic ring is 1. The maximum atomic E-state index is 14.0. The molecule has 3 aromatic rings. The van der Waals surface area contributed by atoms with Crippen molar-refractivity contribution in [3.63, 3.8) is 0 Å². The van der Waals surface area contributed by atoms with Gasteiger partial charge in [-0.1, -0.05) is 90.4 Å². The van der Waals surface area contributed by atoms with E-state index in [0.29, 0.717) is 35.6 Å². The molecule has 54 heavy (non-hydrogen) atoms. The molecule has 3 heterocycles. The number of benzene rings is 1. The van der Waals surface area contributed by atoms with Crippen molar-refractivity contribution in [1.82, 2.24) is 14.6 Å². The molecular formula is C39H56FN6O7P. The first-order valence-corrected chi connectivity index (χ1v) is 20.8. The molecule has 4 atom stereocenters. The minimum atomic E-state index is -4.68. The first-order chi connectivity index (χ1) is 26.2. The van der Waals surface area contributed by atoms with Crippen LogP contribution < -0.4 is 5.73 Å². The number of nitriles is 2. The van der Waals surface area contributed by atoms with E-state index in [2.05, 4.69) is 23.1 Å². The molecule has 1 fully saturated rings. The summed E-state index contributed by atoms with van der Waals surface area (Å²) in [5.41, 5.74) is 6.26. The number of hydrogen-bond acceptors (Lipinski definition) is 11. The fraction of sp³-hybridized carbons (Fsp3) is 0.641. The lowest BCUT2D eigenvalue weighted by Gasteiger charge is -2.24. The van der Waals surface area contributed by atoms with Gasteiger partial charge in [-0.05, 0) is 55.2 Å². The number of fused-ring (bicyclic) bond motifs is 1. The normalized spacial score (nSPS) is 18.7. The van der Waals surface area contributed by atoms with Gasteiger partial charge in [0.25, 0.3) is 0 Å². The summed E-state index contributed by atoms with van der Waals surface area (Å²) >= 11 is 0. The summed E-state index contributed by atoms with van der Waals surface area (Å²) in [6, 6.07) is 11.4. The smallest absolute Gasteiger partial charge is 0.382 e. The lowest BCUT2D eigenvalue weighted by molar-refractivity contribution is -0.0590. The van der Waals surface area contributed by atoms with Crippen molar-refractivity contribution < 1.29 is 37.1 Å². The fourth-order valence-electron chi connectivity index (χ4n) is 6.57. The second kappa shape index (κ2) is 22.8. The van der Waals surface area contributed by atoms with Gasteiger partial charge in [-0.15, -0.1) is 0 Å². The number of phosphoric ester groups is 1. The highest BCUT2D eigenvalue weighted by Gasteiger charge is 2.44. The molecule has 3 N–H and O–H groups in total. The molecular weight excluding hydrogens is 714 g/mol. The van der Waals surface area contributed by atoms with Gasteiger partial charge in [-0.25, -0.2) is 18.5 Å². The van der Waals surface area contributed by atoms with E-state index in [1.54, 1.807) is 16.6 Å². The Morgan fingerprint density at radius 2 is 1.70 bits per heavy atom. The molecule has 296 valence electrons.